The number of hydrogen-bond donors (Lipinski definition) is 0. The number of halogens is 3. The highest BCUT2D eigenvalue weighted by Gasteiger charge is 2.31. The first-order chi connectivity index (χ1) is 10.7. The summed E-state index contributed by atoms with van der Waals surface area (Å²) in [7, 11) is 1.38. The largest absolute Gasteiger partial charge is 0.406 e. The number of carbonyl (C=O) groups is 1. The minimum absolute atomic E-state index is 0.0256. The van der Waals surface area contributed by atoms with E-state index in [1.807, 2.05) is 0 Å². The summed E-state index contributed by atoms with van der Waals surface area (Å²) in [5, 5.41) is -0.0444. The molecular weight excluding hydrogens is 337 g/mol. The van der Waals surface area contributed by atoms with Gasteiger partial charge in [0.15, 0.2) is 6.29 Å². The Morgan fingerprint density at radius 1 is 1.26 bits per heavy atom. The number of methoxy groups -OCH3 is 1. The second-order valence-corrected chi connectivity index (χ2v) is 5.85. The van der Waals surface area contributed by atoms with Crippen LogP contribution in [-0.2, 0) is 17.8 Å². The van der Waals surface area contributed by atoms with Crippen molar-refractivity contribution in [3.63, 3.8) is 0 Å². The minimum Gasteiger partial charge on any atom is -0.383 e. The first kappa shape index (κ1) is 17.4. The molecule has 0 atom stereocenters. The predicted molar refractivity (Wildman–Crippen MR) is 78.4 cm³/mol. The fraction of sp³-hybridized carbons (Fsp3) is 0.462. The average molecular weight is 350 g/mol. The van der Waals surface area contributed by atoms with Crippen molar-refractivity contribution in [1.29, 1.82) is 0 Å². The van der Waals surface area contributed by atoms with Crippen LogP contribution >= 0.6 is 11.3 Å². The van der Waals surface area contributed by atoms with E-state index in [0.29, 0.717) is 6.29 Å². The second kappa shape index (κ2) is 6.28. The maximum Gasteiger partial charge on any atom is 0.406 e. The molecule has 126 valence electrons. The minimum atomic E-state index is -4.72. The molecular formula is C13H13F3N2O4S. The fourth-order valence-corrected chi connectivity index (χ4v) is 3.36. The molecule has 6 nitrogen and oxygen atoms in total. The Labute approximate surface area is 131 Å². The van der Waals surface area contributed by atoms with Gasteiger partial charge in [-0.3, -0.25) is 18.7 Å². The molecule has 0 saturated carbocycles. The normalized spacial score (nSPS) is 12.0. The van der Waals surface area contributed by atoms with Crippen molar-refractivity contribution in [3.05, 3.63) is 31.3 Å². The Morgan fingerprint density at radius 3 is 2.43 bits per heavy atom. The summed E-state index contributed by atoms with van der Waals surface area (Å²) in [5.41, 5.74) is -1.85. The third kappa shape index (κ3) is 3.22. The Hall–Kier alpha value is -1.94. The van der Waals surface area contributed by atoms with Gasteiger partial charge in [0.25, 0.3) is 5.56 Å². The summed E-state index contributed by atoms with van der Waals surface area (Å²) in [4.78, 5) is 36.0. The number of aryl methyl sites for hydroxylation is 1. The Kier molecular flexibility index (Phi) is 4.76. The van der Waals surface area contributed by atoms with Gasteiger partial charge in [0.05, 0.1) is 23.4 Å². The number of ether oxygens (including phenoxy) is 1. The van der Waals surface area contributed by atoms with Crippen LogP contribution in [0.5, 0.6) is 0 Å². The zero-order valence-electron chi connectivity index (χ0n) is 12.3. The molecule has 0 radical (unpaired) electrons. The lowest BCUT2D eigenvalue weighted by molar-refractivity contribution is -0.141. The van der Waals surface area contributed by atoms with E-state index in [-0.39, 0.29) is 38.4 Å². The highest BCUT2D eigenvalue weighted by molar-refractivity contribution is 7.20. The van der Waals surface area contributed by atoms with Gasteiger partial charge in [0, 0.05) is 7.11 Å². The van der Waals surface area contributed by atoms with E-state index in [2.05, 4.69) is 0 Å². The molecule has 2 aromatic rings. The van der Waals surface area contributed by atoms with Gasteiger partial charge in [0.2, 0.25) is 0 Å². The zero-order valence-corrected chi connectivity index (χ0v) is 13.1. The quantitative estimate of drug-likeness (QED) is 0.768. The maximum atomic E-state index is 12.7. The van der Waals surface area contributed by atoms with Crippen molar-refractivity contribution in [2.75, 3.05) is 13.7 Å². The molecule has 0 aliphatic carbocycles. The second-order valence-electron chi connectivity index (χ2n) is 4.82. The highest BCUT2D eigenvalue weighted by atomic mass is 32.1. The standard InChI is InChI=1S/C13H13F3N2O4S/c1-7-8(5-19)23-11-9(7)10(20)18(6-13(14,15)16)12(21)17(11)3-4-22-2/h5H,3-4,6H2,1-2H3. The maximum absolute atomic E-state index is 12.7. The van der Waals surface area contributed by atoms with Crippen LogP contribution in [0.25, 0.3) is 10.2 Å². The van der Waals surface area contributed by atoms with E-state index >= 15 is 0 Å². The zero-order chi connectivity index (χ0) is 17.4. The van der Waals surface area contributed by atoms with E-state index in [4.69, 9.17) is 4.74 Å². The van der Waals surface area contributed by atoms with Crippen molar-refractivity contribution in [2.24, 2.45) is 0 Å². The van der Waals surface area contributed by atoms with Gasteiger partial charge in [-0.2, -0.15) is 13.2 Å². The molecule has 0 bridgehead atoms. The molecule has 0 aromatic carbocycles. The van der Waals surface area contributed by atoms with Crippen molar-refractivity contribution in [3.8, 4) is 0 Å². The van der Waals surface area contributed by atoms with Crippen molar-refractivity contribution < 1.29 is 22.7 Å². The summed E-state index contributed by atoms with van der Waals surface area (Å²) in [6, 6.07) is 0. The van der Waals surface area contributed by atoms with Crippen LogP contribution in [0.3, 0.4) is 0 Å². The fourth-order valence-electron chi connectivity index (χ4n) is 2.22. The summed E-state index contributed by atoms with van der Waals surface area (Å²) >= 11 is 0.901. The number of rotatable bonds is 5. The summed E-state index contributed by atoms with van der Waals surface area (Å²) in [5.74, 6) is 0. The molecule has 0 fully saturated rings. The van der Waals surface area contributed by atoms with Gasteiger partial charge < -0.3 is 4.74 Å². The van der Waals surface area contributed by atoms with Crippen LogP contribution in [0.2, 0.25) is 0 Å². The molecule has 0 aliphatic rings. The van der Waals surface area contributed by atoms with E-state index in [9.17, 15) is 27.6 Å². The van der Waals surface area contributed by atoms with Crippen LogP contribution in [0.15, 0.2) is 9.59 Å². The van der Waals surface area contributed by atoms with Crippen LogP contribution in [-0.4, -0.2) is 35.3 Å². The molecule has 2 rings (SSSR count). The van der Waals surface area contributed by atoms with Gasteiger partial charge in [0.1, 0.15) is 11.4 Å². The topological polar surface area (TPSA) is 70.3 Å². The SMILES string of the molecule is COCCn1c(=O)n(CC(F)(F)F)c(=O)c2c(C)c(C=O)sc21. The van der Waals surface area contributed by atoms with Crippen molar-refractivity contribution >= 4 is 27.8 Å². The Balaban J connectivity index is 2.87. The number of alkyl halides is 3. The molecule has 2 aromatic heterocycles. The van der Waals surface area contributed by atoms with E-state index in [1.54, 1.807) is 0 Å². The third-order valence-corrected chi connectivity index (χ3v) is 4.53. The molecule has 0 spiro atoms. The summed E-state index contributed by atoms with van der Waals surface area (Å²) in [6.07, 6.45) is -4.20. The smallest absolute Gasteiger partial charge is 0.383 e. The van der Waals surface area contributed by atoms with Gasteiger partial charge in [-0.1, -0.05) is 0 Å². The number of nitrogens with zero attached hydrogens (tertiary/aromatic N) is 2. The van der Waals surface area contributed by atoms with Crippen LogP contribution in [0, 0.1) is 6.92 Å². The molecule has 2 heterocycles. The number of aromatic nitrogens is 2. The first-order valence-electron chi connectivity index (χ1n) is 6.49. The molecule has 23 heavy (non-hydrogen) atoms. The van der Waals surface area contributed by atoms with Gasteiger partial charge >= 0.3 is 11.9 Å². The van der Waals surface area contributed by atoms with Crippen LogP contribution in [0.1, 0.15) is 15.2 Å². The number of hydrogen-bond acceptors (Lipinski definition) is 5. The Morgan fingerprint density at radius 2 is 1.91 bits per heavy atom. The van der Waals surface area contributed by atoms with Crippen LogP contribution < -0.4 is 11.2 Å². The number of fused-ring (bicyclic) bond motifs is 1. The Bertz CT molecular complexity index is 863. The third-order valence-electron chi connectivity index (χ3n) is 3.29. The molecule has 0 amide bonds. The number of aldehydes is 1. The highest BCUT2D eigenvalue weighted by Crippen LogP contribution is 2.26. The van der Waals surface area contributed by atoms with E-state index in [0.717, 1.165) is 15.9 Å². The van der Waals surface area contributed by atoms with Gasteiger partial charge in [-0.05, 0) is 12.5 Å². The van der Waals surface area contributed by atoms with Gasteiger partial charge in [-0.25, -0.2) is 4.79 Å². The summed E-state index contributed by atoms with van der Waals surface area (Å²) < 4.78 is 44.0. The molecule has 0 aliphatic heterocycles. The lowest BCUT2D eigenvalue weighted by atomic mass is 10.2. The number of carbonyl (C=O) groups excluding carboxylic acids is 1. The monoisotopic (exact) mass is 350 g/mol. The molecule has 0 N–H and O–H groups in total. The molecule has 0 unspecified atom stereocenters. The molecule has 10 heteroatoms. The van der Waals surface area contributed by atoms with E-state index < -0.39 is 24.0 Å². The first-order valence-corrected chi connectivity index (χ1v) is 7.30. The number of thiophene rings is 1. The van der Waals surface area contributed by atoms with E-state index in [1.165, 1.54) is 14.0 Å². The summed E-state index contributed by atoms with van der Waals surface area (Å²) in [6.45, 7) is -0.166. The average Bonchev–Trinajstić information content (AvgIpc) is 2.79. The predicted octanol–water partition coefficient (Wildman–Crippen LogP) is 1.55. The van der Waals surface area contributed by atoms with Crippen LogP contribution in [0.4, 0.5) is 13.2 Å². The van der Waals surface area contributed by atoms with Crippen molar-refractivity contribution in [2.45, 2.75) is 26.2 Å². The lowest BCUT2D eigenvalue weighted by Gasteiger charge is -2.13. The van der Waals surface area contributed by atoms with Crippen molar-refractivity contribution in [1.82, 2.24) is 9.13 Å². The lowest BCUT2D eigenvalue weighted by Crippen LogP contribution is -2.43. The molecule has 0 saturated heterocycles. The van der Waals surface area contributed by atoms with Gasteiger partial charge in [-0.15, -0.1) is 11.3 Å².